The summed E-state index contributed by atoms with van der Waals surface area (Å²) in [6, 6.07) is 12.9. The van der Waals surface area contributed by atoms with Gasteiger partial charge in [-0.1, -0.05) is 42.0 Å². The second kappa shape index (κ2) is 5.40. The number of rotatable bonds is 3. The molecule has 0 unspecified atom stereocenters. The van der Waals surface area contributed by atoms with Gasteiger partial charge in [0.05, 0.1) is 0 Å². The third-order valence-electron chi connectivity index (χ3n) is 2.73. The molecule has 0 saturated carbocycles. The molecule has 0 aliphatic rings. The normalized spacial score (nSPS) is 12.2. The molecule has 0 N–H and O–H groups in total. The molecule has 0 fully saturated rings. The standard InChI is InChI=1S/C14H11F3O3S/c1-10-2-4-11(5-3-10)12-6-8-13(9-7-12)20-21(18,19)14(15,16)17/h2-9H,1H3. The van der Waals surface area contributed by atoms with E-state index in [1.807, 2.05) is 31.2 Å². The third kappa shape index (κ3) is 3.55. The van der Waals surface area contributed by atoms with Crippen molar-refractivity contribution in [1.82, 2.24) is 0 Å². The van der Waals surface area contributed by atoms with Crippen molar-refractivity contribution in [2.45, 2.75) is 12.4 Å². The van der Waals surface area contributed by atoms with Crippen LogP contribution >= 0.6 is 0 Å². The Morgan fingerprint density at radius 2 is 1.29 bits per heavy atom. The highest BCUT2D eigenvalue weighted by atomic mass is 32.2. The van der Waals surface area contributed by atoms with Crippen molar-refractivity contribution < 1.29 is 25.8 Å². The fourth-order valence-corrected chi connectivity index (χ4v) is 2.08. The van der Waals surface area contributed by atoms with Crippen LogP contribution in [0.1, 0.15) is 5.56 Å². The van der Waals surface area contributed by atoms with Crippen LogP contribution in [0.4, 0.5) is 13.2 Å². The van der Waals surface area contributed by atoms with E-state index in [1.165, 1.54) is 24.3 Å². The van der Waals surface area contributed by atoms with Gasteiger partial charge in [0, 0.05) is 0 Å². The fourth-order valence-electron chi connectivity index (χ4n) is 1.62. The van der Waals surface area contributed by atoms with E-state index < -0.39 is 15.6 Å². The van der Waals surface area contributed by atoms with Crippen molar-refractivity contribution in [3.8, 4) is 16.9 Å². The Morgan fingerprint density at radius 3 is 1.71 bits per heavy atom. The molecule has 7 heteroatoms. The second-order valence-electron chi connectivity index (χ2n) is 4.37. The molecular weight excluding hydrogens is 305 g/mol. The first-order chi connectivity index (χ1) is 9.69. The molecule has 0 heterocycles. The van der Waals surface area contributed by atoms with Crippen LogP contribution in [0, 0.1) is 6.92 Å². The van der Waals surface area contributed by atoms with Gasteiger partial charge >= 0.3 is 15.6 Å². The quantitative estimate of drug-likeness (QED) is 0.637. The molecule has 2 rings (SSSR count). The molecule has 3 nitrogen and oxygen atoms in total. The van der Waals surface area contributed by atoms with E-state index in [2.05, 4.69) is 4.18 Å². The predicted octanol–water partition coefficient (Wildman–Crippen LogP) is 3.89. The topological polar surface area (TPSA) is 43.4 Å². The van der Waals surface area contributed by atoms with Crippen LogP contribution in [0.25, 0.3) is 11.1 Å². The van der Waals surface area contributed by atoms with Crippen LogP contribution in [0.3, 0.4) is 0 Å². The highest BCUT2D eigenvalue weighted by Gasteiger charge is 2.48. The van der Waals surface area contributed by atoms with Crippen molar-refractivity contribution in [2.75, 3.05) is 0 Å². The predicted molar refractivity (Wildman–Crippen MR) is 72.2 cm³/mol. The SMILES string of the molecule is Cc1ccc(-c2ccc(OS(=O)(=O)C(F)(F)F)cc2)cc1. The summed E-state index contributed by atoms with van der Waals surface area (Å²) in [7, 11) is -5.63. The van der Waals surface area contributed by atoms with E-state index in [-0.39, 0.29) is 5.75 Å². The molecule has 0 bridgehead atoms. The molecule has 0 atom stereocenters. The highest BCUT2D eigenvalue weighted by Crippen LogP contribution is 2.28. The number of benzene rings is 2. The van der Waals surface area contributed by atoms with Gasteiger partial charge in [0.15, 0.2) is 0 Å². The monoisotopic (exact) mass is 316 g/mol. The number of aryl methyl sites for hydroxylation is 1. The van der Waals surface area contributed by atoms with Crippen LogP contribution in [0.15, 0.2) is 48.5 Å². The van der Waals surface area contributed by atoms with Crippen molar-refractivity contribution in [3.63, 3.8) is 0 Å². The largest absolute Gasteiger partial charge is 0.534 e. The Labute approximate surface area is 120 Å². The van der Waals surface area contributed by atoms with E-state index in [4.69, 9.17) is 0 Å². The van der Waals surface area contributed by atoms with Gasteiger partial charge in [-0.2, -0.15) is 21.6 Å². The Hall–Kier alpha value is -2.02. The first kappa shape index (κ1) is 15.4. The Morgan fingerprint density at radius 1 is 0.857 bits per heavy atom. The average Bonchev–Trinajstić information content (AvgIpc) is 2.39. The maximum Gasteiger partial charge on any atom is 0.534 e. The lowest BCUT2D eigenvalue weighted by atomic mass is 10.0. The number of halogens is 3. The molecule has 0 amide bonds. The first-order valence-corrected chi connectivity index (χ1v) is 7.28. The minimum atomic E-state index is -5.63. The van der Waals surface area contributed by atoms with Crippen molar-refractivity contribution in [1.29, 1.82) is 0 Å². The molecule has 2 aromatic rings. The zero-order valence-corrected chi connectivity index (χ0v) is 11.7. The van der Waals surface area contributed by atoms with Crippen LogP contribution in [0.5, 0.6) is 5.75 Å². The smallest absolute Gasteiger partial charge is 0.376 e. The van der Waals surface area contributed by atoms with E-state index >= 15 is 0 Å². The molecule has 0 saturated heterocycles. The number of hydrogen-bond donors (Lipinski definition) is 0. The molecule has 2 aromatic carbocycles. The van der Waals surface area contributed by atoms with Gasteiger partial charge in [-0.05, 0) is 30.2 Å². The first-order valence-electron chi connectivity index (χ1n) is 5.87. The number of alkyl halides is 3. The van der Waals surface area contributed by atoms with Gasteiger partial charge in [-0.25, -0.2) is 0 Å². The van der Waals surface area contributed by atoms with Crippen molar-refractivity contribution in [3.05, 3.63) is 54.1 Å². The molecule has 112 valence electrons. The molecule has 0 aliphatic heterocycles. The minimum absolute atomic E-state index is 0.386. The highest BCUT2D eigenvalue weighted by molar-refractivity contribution is 7.87. The van der Waals surface area contributed by atoms with Crippen LogP contribution < -0.4 is 4.18 Å². The summed E-state index contributed by atoms with van der Waals surface area (Å²) in [5.74, 6) is -0.386. The summed E-state index contributed by atoms with van der Waals surface area (Å²) in [6.07, 6.45) is 0. The van der Waals surface area contributed by atoms with E-state index in [1.54, 1.807) is 0 Å². The molecular formula is C14H11F3O3S. The summed E-state index contributed by atoms with van der Waals surface area (Å²) in [5.41, 5.74) is -2.75. The lowest BCUT2D eigenvalue weighted by Crippen LogP contribution is -2.28. The summed E-state index contributed by atoms with van der Waals surface area (Å²) in [6.45, 7) is 1.93. The van der Waals surface area contributed by atoms with Gasteiger partial charge in [-0.15, -0.1) is 0 Å². The molecule has 0 radical (unpaired) electrons. The lowest BCUT2D eigenvalue weighted by Gasteiger charge is -2.10. The molecule has 0 aliphatic carbocycles. The zero-order chi connectivity index (χ0) is 15.7. The number of hydrogen-bond acceptors (Lipinski definition) is 3. The fraction of sp³-hybridized carbons (Fsp3) is 0.143. The molecule has 0 spiro atoms. The van der Waals surface area contributed by atoms with Gasteiger partial charge in [0.1, 0.15) is 5.75 Å². The summed E-state index contributed by atoms with van der Waals surface area (Å²) < 4.78 is 62.3. The van der Waals surface area contributed by atoms with Crippen LogP contribution in [-0.4, -0.2) is 13.9 Å². The van der Waals surface area contributed by atoms with Gasteiger partial charge in [0.2, 0.25) is 0 Å². The average molecular weight is 316 g/mol. The lowest BCUT2D eigenvalue weighted by molar-refractivity contribution is -0.0500. The molecule has 0 aromatic heterocycles. The summed E-state index contributed by atoms with van der Waals surface area (Å²) >= 11 is 0. The van der Waals surface area contributed by atoms with Gasteiger partial charge in [-0.3, -0.25) is 0 Å². The maximum absolute atomic E-state index is 12.2. The molecule has 21 heavy (non-hydrogen) atoms. The van der Waals surface area contributed by atoms with E-state index in [0.717, 1.165) is 16.7 Å². The van der Waals surface area contributed by atoms with Gasteiger partial charge < -0.3 is 4.18 Å². The van der Waals surface area contributed by atoms with Crippen LogP contribution in [0.2, 0.25) is 0 Å². The Balaban J connectivity index is 2.22. The minimum Gasteiger partial charge on any atom is -0.376 e. The van der Waals surface area contributed by atoms with E-state index in [0.29, 0.717) is 0 Å². The summed E-state index contributed by atoms with van der Waals surface area (Å²) in [4.78, 5) is 0. The Bertz CT molecular complexity index is 718. The van der Waals surface area contributed by atoms with Gasteiger partial charge in [0.25, 0.3) is 0 Å². The second-order valence-corrected chi connectivity index (χ2v) is 5.91. The van der Waals surface area contributed by atoms with Crippen molar-refractivity contribution in [2.24, 2.45) is 0 Å². The maximum atomic E-state index is 12.2. The van der Waals surface area contributed by atoms with Crippen LogP contribution in [-0.2, 0) is 10.1 Å². The summed E-state index contributed by atoms with van der Waals surface area (Å²) in [5, 5.41) is 0. The van der Waals surface area contributed by atoms with Crippen molar-refractivity contribution >= 4 is 10.1 Å². The van der Waals surface area contributed by atoms with E-state index in [9.17, 15) is 21.6 Å². The zero-order valence-electron chi connectivity index (χ0n) is 10.9. The third-order valence-corrected chi connectivity index (χ3v) is 3.71. The Kier molecular flexibility index (Phi) is 3.95.